The number of hydrogen-bond donors (Lipinski definition) is 2. The third kappa shape index (κ3) is 3.33. The summed E-state index contributed by atoms with van der Waals surface area (Å²) in [5, 5.41) is 9.40. The van der Waals surface area contributed by atoms with Gasteiger partial charge >= 0.3 is 0 Å². The summed E-state index contributed by atoms with van der Waals surface area (Å²) >= 11 is 0. The van der Waals surface area contributed by atoms with E-state index in [2.05, 4.69) is 18.2 Å². The van der Waals surface area contributed by atoms with Crippen LogP contribution in [-0.4, -0.2) is 42.2 Å². The molecule has 0 radical (unpaired) electrons. The van der Waals surface area contributed by atoms with Crippen molar-refractivity contribution in [2.24, 2.45) is 5.73 Å². The zero-order chi connectivity index (χ0) is 13.8. The van der Waals surface area contributed by atoms with E-state index in [0.29, 0.717) is 6.54 Å². The molecular weight excluding hydrogens is 240 g/mol. The van der Waals surface area contributed by atoms with E-state index in [0.717, 1.165) is 6.42 Å². The Hall–Kier alpha value is -1.39. The normalized spacial score (nSPS) is 15.1. The maximum Gasteiger partial charge on any atom is 0.252 e. The lowest BCUT2D eigenvalue weighted by Gasteiger charge is -2.20. The zero-order valence-corrected chi connectivity index (χ0v) is 11.4. The molecule has 104 valence electrons. The van der Waals surface area contributed by atoms with Gasteiger partial charge < -0.3 is 15.7 Å². The second-order valence-corrected chi connectivity index (χ2v) is 5.22. The van der Waals surface area contributed by atoms with Crippen LogP contribution in [0.1, 0.15) is 23.1 Å². The van der Waals surface area contributed by atoms with Crippen molar-refractivity contribution >= 4 is 5.91 Å². The second-order valence-electron chi connectivity index (χ2n) is 5.22. The van der Waals surface area contributed by atoms with Crippen LogP contribution in [0, 0.1) is 0 Å². The number of aliphatic hydroxyl groups is 1. The summed E-state index contributed by atoms with van der Waals surface area (Å²) in [7, 11) is 1.70. The lowest BCUT2D eigenvalue weighted by molar-refractivity contribution is -0.138. The fraction of sp³-hybridized carbons (Fsp3) is 0.533. The molecule has 19 heavy (non-hydrogen) atoms. The van der Waals surface area contributed by atoms with Crippen molar-refractivity contribution in [2.45, 2.75) is 31.8 Å². The van der Waals surface area contributed by atoms with Gasteiger partial charge in [0.25, 0.3) is 5.91 Å². The predicted octanol–water partition coefficient (Wildman–Crippen LogP) is 0.496. The Kier molecular flexibility index (Phi) is 4.56. The number of amides is 1. The highest BCUT2D eigenvalue weighted by atomic mass is 16.3. The van der Waals surface area contributed by atoms with Crippen molar-refractivity contribution in [3.8, 4) is 0 Å². The van der Waals surface area contributed by atoms with Crippen LogP contribution in [0.15, 0.2) is 18.2 Å². The molecule has 1 amide bonds. The molecule has 0 heterocycles. The number of aryl methyl sites for hydroxylation is 2. The van der Waals surface area contributed by atoms with Crippen LogP contribution in [0.3, 0.4) is 0 Å². The van der Waals surface area contributed by atoms with Crippen molar-refractivity contribution in [3.63, 3.8) is 0 Å². The SMILES string of the molecule is CN(CCc1ccc2c(c1)CCC2)C(=O)C(O)CN. The van der Waals surface area contributed by atoms with Crippen LogP contribution < -0.4 is 5.73 Å². The molecule has 3 N–H and O–H groups in total. The third-order valence-electron chi connectivity index (χ3n) is 3.78. The van der Waals surface area contributed by atoms with Crippen molar-refractivity contribution in [3.05, 3.63) is 34.9 Å². The molecule has 0 saturated carbocycles. The monoisotopic (exact) mass is 262 g/mol. The van der Waals surface area contributed by atoms with Gasteiger partial charge in [-0.15, -0.1) is 0 Å². The van der Waals surface area contributed by atoms with Gasteiger partial charge in [-0.3, -0.25) is 4.79 Å². The predicted molar refractivity (Wildman–Crippen MR) is 74.9 cm³/mol. The Morgan fingerprint density at radius 2 is 2.16 bits per heavy atom. The highest BCUT2D eigenvalue weighted by Gasteiger charge is 2.17. The molecule has 0 spiro atoms. The first-order valence-corrected chi connectivity index (χ1v) is 6.85. The Balaban J connectivity index is 1.90. The molecule has 4 nitrogen and oxygen atoms in total. The number of hydrogen-bond acceptors (Lipinski definition) is 3. The second kappa shape index (κ2) is 6.17. The Morgan fingerprint density at radius 1 is 1.42 bits per heavy atom. The number of nitrogens with zero attached hydrogens (tertiary/aromatic N) is 1. The summed E-state index contributed by atoms with van der Waals surface area (Å²) in [6.07, 6.45) is 3.35. The van der Waals surface area contributed by atoms with Gasteiger partial charge in [0.2, 0.25) is 0 Å². The summed E-state index contributed by atoms with van der Waals surface area (Å²) in [5.41, 5.74) is 9.45. The van der Waals surface area contributed by atoms with Gasteiger partial charge in [0.15, 0.2) is 0 Å². The molecule has 0 aliphatic heterocycles. The highest BCUT2D eigenvalue weighted by Crippen LogP contribution is 2.23. The lowest BCUT2D eigenvalue weighted by atomic mass is 10.0. The Labute approximate surface area is 114 Å². The summed E-state index contributed by atoms with van der Waals surface area (Å²) in [6, 6.07) is 6.59. The number of carbonyl (C=O) groups excluding carboxylic acids is 1. The number of rotatable bonds is 5. The van der Waals surface area contributed by atoms with Gasteiger partial charge in [-0.1, -0.05) is 18.2 Å². The maximum absolute atomic E-state index is 11.7. The Morgan fingerprint density at radius 3 is 2.89 bits per heavy atom. The maximum atomic E-state index is 11.7. The van der Waals surface area contributed by atoms with E-state index in [1.54, 1.807) is 11.9 Å². The summed E-state index contributed by atoms with van der Waals surface area (Å²) < 4.78 is 0. The Bertz CT molecular complexity index is 459. The molecule has 4 heteroatoms. The number of carbonyl (C=O) groups is 1. The van der Waals surface area contributed by atoms with E-state index < -0.39 is 6.10 Å². The average molecular weight is 262 g/mol. The van der Waals surface area contributed by atoms with E-state index in [1.165, 1.54) is 36.0 Å². The summed E-state index contributed by atoms with van der Waals surface area (Å²) in [6.45, 7) is 0.580. The number of nitrogens with two attached hydrogens (primary N) is 1. The van der Waals surface area contributed by atoms with E-state index in [4.69, 9.17) is 5.73 Å². The fourth-order valence-corrected chi connectivity index (χ4v) is 2.54. The minimum atomic E-state index is -1.08. The molecule has 0 fully saturated rings. The zero-order valence-electron chi connectivity index (χ0n) is 11.4. The average Bonchev–Trinajstić information content (AvgIpc) is 2.90. The van der Waals surface area contributed by atoms with Crippen LogP contribution in [0.2, 0.25) is 0 Å². The smallest absolute Gasteiger partial charge is 0.252 e. The first-order valence-electron chi connectivity index (χ1n) is 6.85. The van der Waals surface area contributed by atoms with Crippen LogP contribution in [0.4, 0.5) is 0 Å². The van der Waals surface area contributed by atoms with Crippen LogP contribution in [0.25, 0.3) is 0 Å². The van der Waals surface area contributed by atoms with Gasteiger partial charge in [-0.25, -0.2) is 0 Å². The quantitative estimate of drug-likeness (QED) is 0.812. The van der Waals surface area contributed by atoms with Gasteiger partial charge in [-0.05, 0) is 42.4 Å². The minimum absolute atomic E-state index is 0.0258. The molecular formula is C15H22N2O2. The first kappa shape index (κ1) is 14.0. The molecule has 1 aromatic rings. The van der Waals surface area contributed by atoms with E-state index in [9.17, 15) is 9.90 Å². The van der Waals surface area contributed by atoms with Crippen molar-refractivity contribution in [1.29, 1.82) is 0 Å². The fourth-order valence-electron chi connectivity index (χ4n) is 2.54. The summed E-state index contributed by atoms with van der Waals surface area (Å²) in [5.74, 6) is -0.302. The molecule has 2 rings (SSSR count). The van der Waals surface area contributed by atoms with Crippen molar-refractivity contribution < 1.29 is 9.90 Å². The third-order valence-corrected chi connectivity index (χ3v) is 3.78. The molecule has 0 saturated heterocycles. The minimum Gasteiger partial charge on any atom is -0.382 e. The molecule has 1 aliphatic carbocycles. The highest BCUT2D eigenvalue weighted by molar-refractivity contribution is 5.80. The van der Waals surface area contributed by atoms with E-state index in [-0.39, 0.29) is 12.5 Å². The molecule has 1 aromatic carbocycles. The standard InChI is InChI=1S/C15H22N2O2/c1-17(15(19)14(18)10-16)8-7-11-5-6-12-3-2-4-13(12)9-11/h5-6,9,14,18H,2-4,7-8,10,16H2,1H3. The van der Waals surface area contributed by atoms with Crippen molar-refractivity contribution in [2.75, 3.05) is 20.1 Å². The number of likely N-dealkylation sites (N-methyl/N-ethyl adjacent to an activating group) is 1. The number of fused-ring (bicyclic) bond motifs is 1. The van der Waals surface area contributed by atoms with E-state index >= 15 is 0 Å². The van der Waals surface area contributed by atoms with Crippen LogP contribution in [-0.2, 0) is 24.1 Å². The van der Waals surface area contributed by atoms with Gasteiger partial charge in [-0.2, -0.15) is 0 Å². The molecule has 1 aliphatic rings. The number of benzene rings is 1. The molecule has 1 atom stereocenters. The van der Waals surface area contributed by atoms with Crippen LogP contribution >= 0.6 is 0 Å². The molecule has 0 aromatic heterocycles. The van der Waals surface area contributed by atoms with Crippen molar-refractivity contribution in [1.82, 2.24) is 4.90 Å². The largest absolute Gasteiger partial charge is 0.382 e. The van der Waals surface area contributed by atoms with Crippen LogP contribution in [0.5, 0.6) is 0 Å². The van der Waals surface area contributed by atoms with Gasteiger partial charge in [0, 0.05) is 20.1 Å². The topological polar surface area (TPSA) is 66.6 Å². The number of aliphatic hydroxyl groups excluding tert-OH is 1. The van der Waals surface area contributed by atoms with E-state index in [1.807, 2.05) is 0 Å². The molecule has 1 unspecified atom stereocenters. The van der Waals surface area contributed by atoms with Gasteiger partial charge in [0.05, 0.1) is 0 Å². The summed E-state index contributed by atoms with van der Waals surface area (Å²) in [4.78, 5) is 13.2. The molecule has 0 bridgehead atoms. The lowest BCUT2D eigenvalue weighted by Crippen LogP contribution is -2.41. The van der Waals surface area contributed by atoms with Gasteiger partial charge in [0.1, 0.15) is 6.10 Å². The first-order chi connectivity index (χ1) is 9.11.